The van der Waals surface area contributed by atoms with E-state index in [1.54, 1.807) is 6.33 Å². The van der Waals surface area contributed by atoms with Gasteiger partial charge < -0.3 is 19.4 Å². The highest BCUT2D eigenvalue weighted by Gasteiger charge is 2.46. The molecular formula is C15H16BrN3O3. The van der Waals surface area contributed by atoms with E-state index in [2.05, 4.69) is 25.9 Å². The molecule has 2 aliphatic heterocycles. The number of benzene rings is 1. The molecule has 2 saturated heterocycles. The third kappa shape index (κ3) is 2.15. The number of ether oxygens (including phenoxy) is 2. The van der Waals surface area contributed by atoms with Gasteiger partial charge >= 0.3 is 0 Å². The smallest absolute Gasteiger partial charge is 0.256 e. The number of halogens is 1. The molecular weight excluding hydrogens is 350 g/mol. The van der Waals surface area contributed by atoms with Crippen molar-refractivity contribution in [1.82, 2.24) is 14.9 Å². The molecule has 1 atom stereocenters. The van der Waals surface area contributed by atoms with Crippen LogP contribution in [0, 0.1) is 0 Å². The van der Waals surface area contributed by atoms with Crippen LogP contribution in [0.2, 0.25) is 0 Å². The van der Waals surface area contributed by atoms with E-state index in [-0.39, 0.29) is 11.4 Å². The maximum Gasteiger partial charge on any atom is 0.256 e. The summed E-state index contributed by atoms with van der Waals surface area (Å²) < 4.78 is 12.0. The fourth-order valence-corrected chi connectivity index (χ4v) is 3.75. The highest BCUT2D eigenvalue weighted by Crippen LogP contribution is 2.32. The fourth-order valence-electron chi connectivity index (χ4n) is 3.30. The lowest BCUT2D eigenvalue weighted by molar-refractivity contribution is -0.0550. The van der Waals surface area contributed by atoms with Crippen LogP contribution in [0.4, 0.5) is 0 Å². The van der Waals surface area contributed by atoms with Crippen molar-refractivity contribution in [3.63, 3.8) is 0 Å². The molecule has 22 heavy (non-hydrogen) atoms. The van der Waals surface area contributed by atoms with Gasteiger partial charge in [-0.2, -0.15) is 0 Å². The Labute approximate surface area is 135 Å². The maximum atomic E-state index is 13.2. The molecule has 0 bridgehead atoms. The number of nitrogens with one attached hydrogen (secondary N) is 1. The molecule has 3 heterocycles. The minimum absolute atomic E-state index is 0.00722. The normalized spacial score (nSPS) is 25.2. The molecule has 116 valence electrons. The van der Waals surface area contributed by atoms with Gasteiger partial charge in [-0.05, 0) is 18.6 Å². The molecule has 0 aliphatic carbocycles. The molecule has 4 rings (SSSR count). The number of aromatic amines is 1. The molecule has 1 aromatic heterocycles. The Morgan fingerprint density at radius 1 is 1.32 bits per heavy atom. The summed E-state index contributed by atoms with van der Waals surface area (Å²) in [4.78, 5) is 22.4. The first-order valence-corrected chi connectivity index (χ1v) is 8.09. The molecule has 2 aliphatic rings. The first kappa shape index (κ1) is 14.2. The molecule has 1 unspecified atom stereocenters. The molecule has 0 saturated carbocycles. The zero-order chi connectivity index (χ0) is 15.2. The molecule has 7 heteroatoms. The van der Waals surface area contributed by atoms with Crippen LogP contribution in [0.1, 0.15) is 16.8 Å². The van der Waals surface area contributed by atoms with Gasteiger partial charge in [0.05, 0.1) is 42.8 Å². The van der Waals surface area contributed by atoms with Gasteiger partial charge in [0, 0.05) is 17.6 Å². The van der Waals surface area contributed by atoms with E-state index < -0.39 is 0 Å². The second kappa shape index (κ2) is 5.33. The lowest BCUT2D eigenvalue weighted by Gasteiger charge is -2.43. The summed E-state index contributed by atoms with van der Waals surface area (Å²) in [6.07, 6.45) is 2.43. The van der Waals surface area contributed by atoms with Gasteiger partial charge in [0.1, 0.15) is 5.52 Å². The first-order chi connectivity index (χ1) is 10.7. The van der Waals surface area contributed by atoms with Crippen LogP contribution < -0.4 is 0 Å². The van der Waals surface area contributed by atoms with Crippen LogP contribution in [0.15, 0.2) is 22.9 Å². The van der Waals surface area contributed by atoms with E-state index in [0.29, 0.717) is 44.1 Å². The summed E-state index contributed by atoms with van der Waals surface area (Å²) in [7, 11) is 0. The standard InChI is InChI=1S/C15H16BrN3O3/c16-10-5-11(13-12(6-10)17-9-18-13)14(20)19-2-4-22-8-15(19)1-3-21-7-15/h5-6,9H,1-4,7-8H2,(H,17,18). The van der Waals surface area contributed by atoms with Gasteiger partial charge in [-0.3, -0.25) is 4.79 Å². The number of aromatic nitrogens is 2. The zero-order valence-corrected chi connectivity index (χ0v) is 13.6. The summed E-state index contributed by atoms with van der Waals surface area (Å²) in [6, 6.07) is 3.76. The first-order valence-electron chi connectivity index (χ1n) is 7.30. The predicted octanol–water partition coefficient (Wildman–Crippen LogP) is 1.96. The molecule has 0 radical (unpaired) electrons. The Morgan fingerprint density at radius 3 is 2.95 bits per heavy atom. The Morgan fingerprint density at radius 2 is 2.14 bits per heavy atom. The lowest BCUT2D eigenvalue weighted by atomic mass is 9.94. The van der Waals surface area contributed by atoms with E-state index in [4.69, 9.17) is 9.47 Å². The number of hydrogen-bond acceptors (Lipinski definition) is 4. The molecule has 1 N–H and O–H groups in total. The van der Waals surface area contributed by atoms with Crippen molar-refractivity contribution < 1.29 is 14.3 Å². The number of carbonyl (C=O) groups is 1. The van der Waals surface area contributed by atoms with Crippen LogP contribution in [0.25, 0.3) is 11.0 Å². The minimum Gasteiger partial charge on any atom is -0.379 e. The summed E-state index contributed by atoms with van der Waals surface area (Å²) in [5, 5.41) is 0. The summed E-state index contributed by atoms with van der Waals surface area (Å²) >= 11 is 3.47. The van der Waals surface area contributed by atoms with E-state index in [9.17, 15) is 4.79 Å². The monoisotopic (exact) mass is 365 g/mol. The highest BCUT2D eigenvalue weighted by atomic mass is 79.9. The van der Waals surface area contributed by atoms with Crippen molar-refractivity contribution in [2.75, 3.05) is 33.0 Å². The molecule has 1 aromatic carbocycles. The van der Waals surface area contributed by atoms with Crippen molar-refractivity contribution in [3.05, 3.63) is 28.5 Å². The topological polar surface area (TPSA) is 67.5 Å². The second-order valence-electron chi connectivity index (χ2n) is 5.79. The number of rotatable bonds is 1. The second-order valence-corrected chi connectivity index (χ2v) is 6.70. The fraction of sp³-hybridized carbons (Fsp3) is 0.467. The molecule has 2 aromatic rings. The molecule has 1 spiro atoms. The number of nitrogens with zero attached hydrogens (tertiary/aromatic N) is 2. The largest absolute Gasteiger partial charge is 0.379 e. The molecule has 6 nitrogen and oxygen atoms in total. The van der Waals surface area contributed by atoms with Gasteiger partial charge in [-0.15, -0.1) is 0 Å². The Balaban J connectivity index is 1.77. The third-order valence-corrected chi connectivity index (χ3v) is 4.91. The SMILES string of the molecule is O=C(c1cc(Br)cc2[nH]cnc12)N1CCOCC12CCOC2. The zero-order valence-electron chi connectivity index (χ0n) is 12.0. The number of hydrogen-bond donors (Lipinski definition) is 1. The average molecular weight is 366 g/mol. The van der Waals surface area contributed by atoms with Gasteiger partial charge in [0.15, 0.2) is 0 Å². The van der Waals surface area contributed by atoms with Crippen LogP contribution in [-0.4, -0.2) is 59.3 Å². The summed E-state index contributed by atoms with van der Waals surface area (Å²) in [5.74, 6) is -0.00722. The number of morpholine rings is 1. The molecule has 2 fully saturated rings. The van der Waals surface area contributed by atoms with Gasteiger partial charge in [-0.1, -0.05) is 15.9 Å². The van der Waals surface area contributed by atoms with Gasteiger partial charge in [-0.25, -0.2) is 4.98 Å². The Hall–Kier alpha value is -1.44. The predicted molar refractivity (Wildman–Crippen MR) is 83.8 cm³/mol. The lowest BCUT2D eigenvalue weighted by Crippen LogP contribution is -2.59. The van der Waals surface area contributed by atoms with Crippen LogP contribution in [0.5, 0.6) is 0 Å². The molecule has 1 amide bonds. The van der Waals surface area contributed by atoms with Crippen molar-refractivity contribution in [1.29, 1.82) is 0 Å². The van der Waals surface area contributed by atoms with E-state index in [0.717, 1.165) is 16.4 Å². The van der Waals surface area contributed by atoms with Crippen LogP contribution in [0.3, 0.4) is 0 Å². The van der Waals surface area contributed by atoms with Crippen molar-refractivity contribution in [2.45, 2.75) is 12.0 Å². The van der Waals surface area contributed by atoms with Gasteiger partial charge in [0.2, 0.25) is 0 Å². The number of carbonyl (C=O) groups excluding carboxylic acids is 1. The number of imidazole rings is 1. The minimum atomic E-state index is -0.333. The van der Waals surface area contributed by atoms with Crippen LogP contribution >= 0.6 is 15.9 Å². The third-order valence-electron chi connectivity index (χ3n) is 4.45. The summed E-state index contributed by atoms with van der Waals surface area (Å²) in [5.41, 5.74) is 1.83. The van der Waals surface area contributed by atoms with E-state index in [1.807, 2.05) is 17.0 Å². The van der Waals surface area contributed by atoms with E-state index >= 15 is 0 Å². The number of H-pyrrole nitrogens is 1. The van der Waals surface area contributed by atoms with Crippen molar-refractivity contribution >= 4 is 32.9 Å². The summed E-state index contributed by atoms with van der Waals surface area (Å²) in [6.45, 7) is 2.89. The quantitative estimate of drug-likeness (QED) is 0.838. The van der Waals surface area contributed by atoms with E-state index in [1.165, 1.54) is 0 Å². The van der Waals surface area contributed by atoms with Crippen molar-refractivity contribution in [2.24, 2.45) is 0 Å². The van der Waals surface area contributed by atoms with Crippen LogP contribution in [-0.2, 0) is 9.47 Å². The highest BCUT2D eigenvalue weighted by molar-refractivity contribution is 9.10. The average Bonchev–Trinajstić information content (AvgIpc) is 3.16. The maximum absolute atomic E-state index is 13.2. The Bertz CT molecular complexity index is 724. The van der Waals surface area contributed by atoms with Gasteiger partial charge in [0.25, 0.3) is 5.91 Å². The van der Waals surface area contributed by atoms with Crippen molar-refractivity contribution in [3.8, 4) is 0 Å². The Kier molecular flexibility index (Phi) is 3.43. The number of fused-ring (bicyclic) bond motifs is 1. The number of amides is 1.